The summed E-state index contributed by atoms with van der Waals surface area (Å²) in [5, 5.41) is 48.2. The molecule has 0 unspecified atom stereocenters. The normalized spacial score (nSPS) is 26.5. The van der Waals surface area contributed by atoms with Crippen LogP contribution < -0.4 is 16.0 Å². The maximum atomic E-state index is 14.0. The molecule has 13 nitrogen and oxygen atoms in total. The number of hydrogen-bond acceptors (Lipinski definition) is 12. The van der Waals surface area contributed by atoms with Crippen LogP contribution in [0.2, 0.25) is 0 Å². The molecule has 0 saturated heterocycles. The monoisotopic (exact) mass is 544 g/mol. The van der Waals surface area contributed by atoms with Gasteiger partial charge in [0, 0.05) is 44.2 Å². The summed E-state index contributed by atoms with van der Waals surface area (Å²) < 4.78 is 0. The number of allylic oxidation sites excluding steroid dienone is 1. The number of Topliss-reactive ketones (excluding diaryl/α,β-unsaturated/α-hetero) is 2. The Morgan fingerprint density at radius 2 is 1.77 bits per heavy atom. The number of aliphatic hydroxyl groups excluding tert-OH is 2. The summed E-state index contributed by atoms with van der Waals surface area (Å²) in [5.74, 6) is -6.39. The number of fused-ring (bicyclic) bond motifs is 3. The van der Waals surface area contributed by atoms with E-state index in [9.17, 15) is 34.8 Å². The molecule has 4 atom stereocenters. The Morgan fingerprint density at radius 3 is 2.31 bits per heavy atom. The number of pyridine rings is 1. The van der Waals surface area contributed by atoms with Crippen molar-refractivity contribution in [2.45, 2.75) is 24.5 Å². The van der Waals surface area contributed by atoms with Gasteiger partial charge in [0.1, 0.15) is 22.9 Å². The van der Waals surface area contributed by atoms with Crippen LogP contribution in [0.1, 0.15) is 22.3 Å². The van der Waals surface area contributed by atoms with Crippen LogP contribution in [0.3, 0.4) is 0 Å². The fraction of sp³-hybridized carbons (Fsp3) is 0.538. The Bertz CT molecular complexity index is 1320. The Morgan fingerprint density at radius 1 is 1.13 bits per heavy atom. The minimum atomic E-state index is -2.68. The van der Waals surface area contributed by atoms with Crippen LogP contribution in [0.4, 0.5) is 11.6 Å². The maximum absolute atomic E-state index is 14.0. The number of likely N-dealkylation sites (N-methyl/N-ethyl adjacent to an activating group) is 2. The van der Waals surface area contributed by atoms with Gasteiger partial charge in [-0.1, -0.05) is 0 Å². The second kappa shape index (κ2) is 9.81. The summed E-state index contributed by atoms with van der Waals surface area (Å²) in [6.45, 7) is 1.06. The number of nitrogens with one attached hydrogen (secondary N) is 1. The molecule has 3 aliphatic carbocycles. The number of primary amides is 1. The van der Waals surface area contributed by atoms with Crippen molar-refractivity contribution in [3.8, 4) is 5.75 Å². The Labute approximate surface area is 226 Å². The number of nitrogens with zero attached hydrogens (tertiary/aromatic N) is 4. The second-order valence-corrected chi connectivity index (χ2v) is 11.1. The third kappa shape index (κ3) is 4.21. The fourth-order valence-electron chi connectivity index (χ4n) is 6.08. The molecule has 0 aliphatic heterocycles. The van der Waals surface area contributed by atoms with E-state index in [0.29, 0.717) is 24.5 Å². The Balaban J connectivity index is 1.91. The van der Waals surface area contributed by atoms with Gasteiger partial charge in [-0.15, -0.1) is 0 Å². The largest absolute Gasteiger partial charge is 0.510 e. The molecule has 0 aromatic carbocycles. The van der Waals surface area contributed by atoms with Crippen molar-refractivity contribution in [3.63, 3.8) is 0 Å². The molecule has 0 saturated carbocycles. The van der Waals surface area contributed by atoms with Crippen LogP contribution in [0, 0.1) is 11.8 Å². The number of anilines is 2. The summed E-state index contributed by atoms with van der Waals surface area (Å²) >= 11 is 0. The van der Waals surface area contributed by atoms with E-state index >= 15 is 0 Å². The number of aromatic nitrogens is 1. The molecule has 1 aromatic heterocycles. The van der Waals surface area contributed by atoms with E-state index in [1.807, 2.05) is 19.0 Å². The highest BCUT2D eigenvalue weighted by Crippen LogP contribution is 2.53. The fourth-order valence-corrected chi connectivity index (χ4v) is 6.08. The first-order valence-electron chi connectivity index (χ1n) is 12.6. The summed E-state index contributed by atoms with van der Waals surface area (Å²) in [6, 6.07) is -1.04. The molecule has 0 radical (unpaired) electrons. The molecular formula is C26H36N6O7. The number of carbonyl (C=O) groups excluding carboxylic acids is 3. The Hall–Kier alpha value is -3.68. The quantitative estimate of drug-likeness (QED) is 0.243. The zero-order valence-electron chi connectivity index (χ0n) is 22.9. The second-order valence-electron chi connectivity index (χ2n) is 11.1. The average Bonchev–Trinajstić information content (AvgIpc) is 2.81. The van der Waals surface area contributed by atoms with Gasteiger partial charge < -0.3 is 41.3 Å². The maximum Gasteiger partial charge on any atom is 0.255 e. The first-order valence-corrected chi connectivity index (χ1v) is 12.6. The van der Waals surface area contributed by atoms with Crippen molar-refractivity contribution in [2.24, 2.45) is 17.6 Å². The van der Waals surface area contributed by atoms with Crippen LogP contribution in [-0.2, 0) is 16.0 Å². The molecule has 13 heteroatoms. The van der Waals surface area contributed by atoms with Crippen molar-refractivity contribution < 1.29 is 34.8 Å². The van der Waals surface area contributed by atoms with Crippen LogP contribution in [0.15, 0.2) is 22.7 Å². The van der Waals surface area contributed by atoms with Gasteiger partial charge in [-0.2, -0.15) is 0 Å². The number of aliphatic hydroxyl groups is 3. The lowest BCUT2D eigenvalue weighted by atomic mass is 9.58. The zero-order chi connectivity index (χ0) is 29.1. The van der Waals surface area contributed by atoms with Gasteiger partial charge in [0.05, 0.1) is 11.6 Å². The smallest absolute Gasteiger partial charge is 0.255 e. The van der Waals surface area contributed by atoms with Crippen molar-refractivity contribution in [1.82, 2.24) is 14.8 Å². The number of ketones is 2. The van der Waals surface area contributed by atoms with Crippen molar-refractivity contribution >= 4 is 29.1 Å². The topological polar surface area (TPSA) is 193 Å². The van der Waals surface area contributed by atoms with Gasteiger partial charge >= 0.3 is 0 Å². The highest BCUT2D eigenvalue weighted by molar-refractivity contribution is 6.25. The number of rotatable bonds is 7. The molecule has 0 spiro atoms. The van der Waals surface area contributed by atoms with Crippen LogP contribution in [0.25, 0.3) is 0 Å². The van der Waals surface area contributed by atoms with Crippen LogP contribution in [-0.4, -0.2) is 120 Å². The summed E-state index contributed by atoms with van der Waals surface area (Å²) in [6.07, 6.45) is 0.183. The first kappa shape index (κ1) is 28.3. The molecule has 212 valence electrons. The highest BCUT2D eigenvalue weighted by Gasteiger charge is 2.63. The minimum absolute atomic E-state index is 0.0161. The lowest BCUT2D eigenvalue weighted by Gasteiger charge is -2.50. The predicted octanol–water partition coefficient (Wildman–Crippen LogP) is -0.445. The molecule has 1 amide bonds. The average molecular weight is 545 g/mol. The van der Waals surface area contributed by atoms with Crippen molar-refractivity contribution in [1.29, 1.82) is 0 Å². The van der Waals surface area contributed by atoms with Gasteiger partial charge in [0.25, 0.3) is 5.91 Å². The predicted molar refractivity (Wildman–Crippen MR) is 143 cm³/mol. The van der Waals surface area contributed by atoms with Gasteiger partial charge in [0.2, 0.25) is 5.78 Å². The molecule has 1 aromatic rings. The highest BCUT2D eigenvalue weighted by atomic mass is 16.3. The van der Waals surface area contributed by atoms with E-state index in [-0.39, 0.29) is 29.8 Å². The Kier molecular flexibility index (Phi) is 7.13. The zero-order valence-corrected chi connectivity index (χ0v) is 22.9. The van der Waals surface area contributed by atoms with Gasteiger partial charge in [-0.25, -0.2) is 4.98 Å². The molecule has 1 heterocycles. The van der Waals surface area contributed by atoms with Crippen LogP contribution in [0.5, 0.6) is 5.75 Å². The first-order chi connectivity index (χ1) is 18.1. The molecule has 0 fully saturated rings. The SMILES string of the molecule is CN(C)CCNc1nc(N(C)C)c2c(c1O)C(=O)C1=C(O)[C@]3(O)C(=O)C(C(N)=O)=C(O)[C@@H](N(C)C)[C@@H]3C[C@@H]1C2. The molecule has 39 heavy (non-hydrogen) atoms. The molecule has 4 rings (SSSR count). The van der Waals surface area contributed by atoms with E-state index < -0.39 is 63.8 Å². The molecule has 0 bridgehead atoms. The van der Waals surface area contributed by atoms with E-state index in [1.165, 1.54) is 4.90 Å². The van der Waals surface area contributed by atoms with Crippen molar-refractivity contribution in [3.05, 3.63) is 33.8 Å². The van der Waals surface area contributed by atoms with Crippen LogP contribution >= 0.6 is 0 Å². The molecular weight excluding hydrogens is 508 g/mol. The lowest BCUT2D eigenvalue weighted by molar-refractivity contribution is -0.148. The van der Waals surface area contributed by atoms with Gasteiger partial charge in [-0.05, 0) is 47.0 Å². The van der Waals surface area contributed by atoms with E-state index in [0.717, 1.165) is 0 Å². The van der Waals surface area contributed by atoms with E-state index in [1.54, 1.807) is 33.1 Å². The standard InChI is InChI=1S/C26H36N6O7/c1-30(2)8-7-28-24-20(35)15-12(25(29-24)32(5)6)9-11-10-13-17(31(3)4)19(34)16(23(27)38)22(37)26(13,39)21(36)14(11)18(15)33/h11,13,17,34-36,39H,7-10H2,1-6H3,(H2,27,38)(H,28,29)/t11-,13-,17-,26-/m0/s1. The number of nitrogens with two attached hydrogens (primary N) is 1. The number of carbonyl (C=O) groups is 3. The lowest BCUT2D eigenvalue weighted by Crippen LogP contribution is -2.63. The summed E-state index contributed by atoms with van der Waals surface area (Å²) in [4.78, 5) is 49.2. The third-order valence-electron chi connectivity index (χ3n) is 7.84. The minimum Gasteiger partial charge on any atom is -0.510 e. The van der Waals surface area contributed by atoms with E-state index in [2.05, 4.69) is 10.3 Å². The van der Waals surface area contributed by atoms with E-state index in [4.69, 9.17) is 5.73 Å². The molecule has 3 aliphatic rings. The third-order valence-corrected chi connectivity index (χ3v) is 7.84. The van der Waals surface area contributed by atoms with Gasteiger partial charge in [0.15, 0.2) is 23.0 Å². The van der Waals surface area contributed by atoms with Gasteiger partial charge in [-0.3, -0.25) is 19.3 Å². The number of aromatic hydroxyl groups is 1. The molecule has 7 N–H and O–H groups in total. The number of hydrogen-bond donors (Lipinski definition) is 6. The summed E-state index contributed by atoms with van der Waals surface area (Å²) in [7, 11) is 10.5. The van der Waals surface area contributed by atoms with Crippen molar-refractivity contribution in [2.75, 3.05) is 65.6 Å². The number of amides is 1. The summed E-state index contributed by atoms with van der Waals surface area (Å²) in [5.41, 5.74) is 2.04.